The summed E-state index contributed by atoms with van der Waals surface area (Å²) < 4.78 is 27.8. The highest BCUT2D eigenvalue weighted by Gasteiger charge is 2.47. The number of aliphatic imine (C=N–C) groups is 1. The van der Waals surface area contributed by atoms with Crippen LogP contribution in [-0.4, -0.2) is 48.3 Å². The van der Waals surface area contributed by atoms with E-state index in [1.165, 1.54) is 12.1 Å². The minimum atomic E-state index is -0.613. The average Bonchev–Trinajstić information content (AvgIpc) is 3.19. The number of guanidine groups is 1. The van der Waals surface area contributed by atoms with Crippen LogP contribution in [0.2, 0.25) is 0 Å². The Labute approximate surface area is 203 Å². The molecule has 5 nitrogen and oxygen atoms in total. The van der Waals surface area contributed by atoms with Crippen molar-refractivity contribution >= 4 is 11.9 Å². The first kappa shape index (κ1) is 23.0. The van der Waals surface area contributed by atoms with Crippen molar-refractivity contribution in [2.24, 2.45) is 16.6 Å². The predicted octanol–water partition coefficient (Wildman–Crippen LogP) is 4.64. The molecule has 0 saturated carbocycles. The van der Waals surface area contributed by atoms with Crippen LogP contribution in [0.1, 0.15) is 28.8 Å². The molecule has 0 spiro atoms. The molecule has 0 aromatic heterocycles. The highest BCUT2D eigenvalue weighted by molar-refractivity contribution is 5.94. The van der Waals surface area contributed by atoms with Crippen molar-refractivity contribution in [1.82, 2.24) is 9.80 Å². The van der Waals surface area contributed by atoms with Crippen molar-refractivity contribution in [2.75, 3.05) is 26.7 Å². The zero-order valence-corrected chi connectivity index (χ0v) is 19.6. The minimum Gasteiger partial charge on any atom is -0.370 e. The van der Waals surface area contributed by atoms with Gasteiger partial charge in [-0.2, -0.15) is 0 Å². The summed E-state index contributed by atoms with van der Waals surface area (Å²) in [5.41, 5.74) is 8.51. The van der Waals surface area contributed by atoms with Crippen LogP contribution in [0.25, 0.3) is 11.1 Å². The lowest BCUT2D eigenvalue weighted by Gasteiger charge is -2.41. The molecule has 0 aliphatic carbocycles. The first-order chi connectivity index (χ1) is 16.9. The molecule has 7 heteroatoms. The van der Waals surface area contributed by atoms with E-state index in [2.05, 4.69) is 0 Å². The third-order valence-corrected chi connectivity index (χ3v) is 7.22. The van der Waals surface area contributed by atoms with Gasteiger partial charge in [-0.05, 0) is 65.8 Å². The summed E-state index contributed by atoms with van der Waals surface area (Å²) in [5.74, 6) is -0.558. The molecule has 1 unspecified atom stereocenters. The monoisotopic (exact) mass is 474 g/mol. The zero-order chi connectivity index (χ0) is 24.6. The summed E-state index contributed by atoms with van der Waals surface area (Å²) in [6.45, 7) is 1.87. The second-order valence-electron chi connectivity index (χ2n) is 9.42. The number of rotatable bonds is 4. The Hall–Kier alpha value is -3.74. The van der Waals surface area contributed by atoms with Gasteiger partial charge in [0, 0.05) is 31.8 Å². The molecule has 5 rings (SSSR count). The summed E-state index contributed by atoms with van der Waals surface area (Å²) >= 11 is 0. The van der Waals surface area contributed by atoms with Crippen LogP contribution in [-0.2, 0) is 5.54 Å². The van der Waals surface area contributed by atoms with Gasteiger partial charge in [-0.1, -0.05) is 36.4 Å². The maximum absolute atomic E-state index is 13.9. The molecule has 1 saturated heterocycles. The Balaban J connectivity index is 1.44. The quantitative estimate of drug-likeness (QED) is 0.599. The molecular weight excluding hydrogens is 446 g/mol. The number of carbonyl (C=O) groups excluding carboxylic acids is 1. The molecule has 1 amide bonds. The summed E-state index contributed by atoms with van der Waals surface area (Å²) in [7, 11) is 1.92. The number of nitrogens with zero attached hydrogens (tertiary/aromatic N) is 3. The standard InChI is InChI=1S/C28H28F2N4O/c1-33-18-28(32-27(33)31,22-10-12-34(13-11-22)26(35)19-6-3-2-4-7-19)23-9-5-8-20(14-23)21-15-24(29)17-25(30)16-21/h2-9,14-17,22H,10-13,18H2,1H3,(H2,31,32). The Morgan fingerprint density at radius 1 is 0.943 bits per heavy atom. The molecule has 0 bridgehead atoms. The van der Waals surface area contributed by atoms with Gasteiger partial charge in [0.05, 0.1) is 6.54 Å². The number of amides is 1. The first-order valence-electron chi connectivity index (χ1n) is 11.8. The van der Waals surface area contributed by atoms with Crippen LogP contribution in [0.5, 0.6) is 0 Å². The fourth-order valence-electron chi connectivity index (χ4n) is 5.39. The van der Waals surface area contributed by atoms with E-state index < -0.39 is 17.2 Å². The first-order valence-corrected chi connectivity index (χ1v) is 11.8. The summed E-state index contributed by atoms with van der Waals surface area (Å²) in [6.07, 6.45) is 1.56. The van der Waals surface area contributed by atoms with Crippen molar-refractivity contribution in [2.45, 2.75) is 18.4 Å². The number of nitrogens with two attached hydrogens (primary N) is 1. The van der Waals surface area contributed by atoms with Gasteiger partial charge in [0.25, 0.3) is 5.91 Å². The third-order valence-electron chi connectivity index (χ3n) is 7.22. The number of benzene rings is 3. The average molecular weight is 475 g/mol. The lowest BCUT2D eigenvalue weighted by Crippen LogP contribution is -2.46. The number of halogens is 2. The van der Waals surface area contributed by atoms with Gasteiger partial charge in [-0.25, -0.2) is 13.8 Å². The molecule has 2 aliphatic rings. The topological polar surface area (TPSA) is 61.9 Å². The number of piperidine rings is 1. The molecule has 2 N–H and O–H groups in total. The van der Waals surface area contributed by atoms with Crippen LogP contribution < -0.4 is 5.73 Å². The lowest BCUT2D eigenvalue weighted by molar-refractivity contribution is 0.0634. The van der Waals surface area contributed by atoms with Gasteiger partial charge in [-0.3, -0.25) is 4.79 Å². The third kappa shape index (κ3) is 4.38. The van der Waals surface area contributed by atoms with E-state index >= 15 is 0 Å². The van der Waals surface area contributed by atoms with Gasteiger partial charge in [0.1, 0.15) is 17.2 Å². The minimum absolute atomic E-state index is 0.0415. The SMILES string of the molecule is CN1CC(c2cccc(-c3cc(F)cc(F)c3)c2)(C2CCN(C(=O)c3ccccc3)CC2)N=C1N. The van der Waals surface area contributed by atoms with E-state index in [0.717, 1.165) is 30.0 Å². The molecule has 0 radical (unpaired) electrons. The van der Waals surface area contributed by atoms with Crippen LogP contribution >= 0.6 is 0 Å². The smallest absolute Gasteiger partial charge is 0.253 e. The van der Waals surface area contributed by atoms with Gasteiger partial charge >= 0.3 is 0 Å². The number of likely N-dealkylation sites (N-methyl/N-ethyl adjacent to an activating group) is 1. The van der Waals surface area contributed by atoms with E-state index in [4.69, 9.17) is 10.7 Å². The number of hydrogen-bond donors (Lipinski definition) is 1. The molecule has 35 heavy (non-hydrogen) atoms. The molecule has 1 fully saturated rings. The lowest BCUT2D eigenvalue weighted by atomic mass is 9.73. The highest BCUT2D eigenvalue weighted by atomic mass is 19.1. The van der Waals surface area contributed by atoms with E-state index in [1.807, 2.05) is 71.4 Å². The van der Waals surface area contributed by atoms with Gasteiger partial charge in [-0.15, -0.1) is 0 Å². The maximum Gasteiger partial charge on any atom is 0.253 e. The Kier molecular flexibility index (Phi) is 6.01. The van der Waals surface area contributed by atoms with Crippen molar-refractivity contribution in [3.8, 4) is 11.1 Å². The Bertz CT molecular complexity index is 1250. The van der Waals surface area contributed by atoms with E-state index in [9.17, 15) is 13.6 Å². The molecule has 3 aromatic carbocycles. The molecule has 2 heterocycles. The van der Waals surface area contributed by atoms with Crippen molar-refractivity contribution in [1.29, 1.82) is 0 Å². The summed E-state index contributed by atoms with van der Waals surface area (Å²) in [4.78, 5) is 21.7. The largest absolute Gasteiger partial charge is 0.370 e. The molecule has 2 aliphatic heterocycles. The second-order valence-corrected chi connectivity index (χ2v) is 9.42. The van der Waals surface area contributed by atoms with E-state index in [1.54, 1.807) is 0 Å². The number of likely N-dealkylation sites (tertiary alicyclic amines) is 1. The van der Waals surface area contributed by atoms with E-state index in [-0.39, 0.29) is 11.8 Å². The van der Waals surface area contributed by atoms with Crippen LogP contribution in [0, 0.1) is 17.6 Å². The predicted molar refractivity (Wildman–Crippen MR) is 133 cm³/mol. The number of carbonyl (C=O) groups is 1. The van der Waals surface area contributed by atoms with Crippen molar-refractivity contribution in [3.63, 3.8) is 0 Å². The molecular formula is C28H28F2N4O. The highest BCUT2D eigenvalue weighted by Crippen LogP contribution is 2.44. The second kappa shape index (κ2) is 9.13. The normalized spacial score (nSPS) is 20.7. The maximum atomic E-state index is 13.9. The molecule has 1 atom stereocenters. The van der Waals surface area contributed by atoms with Crippen LogP contribution in [0.4, 0.5) is 8.78 Å². The number of hydrogen-bond acceptors (Lipinski definition) is 4. The summed E-state index contributed by atoms with van der Waals surface area (Å²) in [5, 5.41) is 0. The Morgan fingerprint density at radius 3 is 2.26 bits per heavy atom. The zero-order valence-electron chi connectivity index (χ0n) is 19.6. The van der Waals surface area contributed by atoms with Crippen molar-refractivity contribution in [3.05, 3.63) is 95.6 Å². The fraction of sp³-hybridized carbons (Fsp3) is 0.286. The molecule has 180 valence electrons. The fourth-order valence-corrected chi connectivity index (χ4v) is 5.39. The van der Waals surface area contributed by atoms with Crippen molar-refractivity contribution < 1.29 is 13.6 Å². The summed E-state index contributed by atoms with van der Waals surface area (Å²) in [6, 6.07) is 20.6. The van der Waals surface area contributed by atoms with Gasteiger partial charge in [0.2, 0.25) is 0 Å². The van der Waals surface area contributed by atoms with Gasteiger partial charge in [0.15, 0.2) is 5.96 Å². The Morgan fingerprint density at radius 2 is 1.63 bits per heavy atom. The van der Waals surface area contributed by atoms with Crippen LogP contribution in [0.3, 0.4) is 0 Å². The van der Waals surface area contributed by atoms with Gasteiger partial charge < -0.3 is 15.5 Å². The van der Waals surface area contributed by atoms with E-state index in [0.29, 0.717) is 36.7 Å². The van der Waals surface area contributed by atoms with Crippen LogP contribution in [0.15, 0.2) is 77.8 Å². The molecule has 3 aromatic rings.